The zero-order chi connectivity index (χ0) is 14.7. The molecule has 0 saturated heterocycles. The van der Waals surface area contributed by atoms with Gasteiger partial charge >= 0.3 is 0 Å². The molecule has 2 nitrogen and oxygen atoms in total. The van der Waals surface area contributed by atoms with Gasteiger partial charge in [-0.2, -0.15) is 12.6 Å². The molecule has 1 heterocycles. The highest BCUT2D eigenvalue weighted by atomic mass is 32.1. The molecule has 0 fully saturated rings. The Bertz CT molecular complexity index is 626. The molecular weight excluding hydrogens is 278 g/mol. The molecule has 1 aliphatic heterocycles. The van der Waals surface area contributed by atoms with Gasteiger partial charge in [0.15, 0.2) is 0 Å². The molecule has 2 aromatic rings. The van der Waals surface area contributed by atoms with Gasteiger partial charge in [-0.15, -0.1) is 0 Å². The zero-order valence-corrected chi connectivity index (χ0v) is 12.8. The van der Waals surface area contributed by atoms with Crippen molar-refractivity contribution in [3.63, 3.8) is 0 Å². The van der Waals surface area contributed by atoms with Crippen LogP contribution >= 0.6 is 12.6 Å². The lowest BCUT2D eigenvalue weighted by atomic mass is 10.0. The number of carbonyl (C=O) groups excluding carboxylic acids is 1. The molecule has 0 aromatic heterocycles. The Labute approximate surface area is 131 Å². The van der Waals surface area contributed by atoms with Gasteiger partial charge in [-0.3, -0.25) is 4.79 Å². The predicted molar refractivity (Wildman–Crippen MR) is 90.0 cm³/mol. The summed E-state index contributed by atoms with van der Waals surface area (Å²) in [5.41, 5.74) is 3.47. The number of fused-ring (bicyclic) bond motifs is 1. The molecule has 0 bridgehead atoms. The van der Waals surface area contributed by atoms with Crippen LogP contribution in [0.25, 0.3) is 0 Å². The fourth-order valence-corrected chi connectivity index (χ4v) is 3.22. The van der Waals surface area contributed by atoms with E-state index in [1.54, 1.807) is 0 Å². The van der Waals surface area contributed by atoms with Crippen LogP contribution in [0, 0.1) is 0 Å². The molecule has 1 unspecified atom stereocenters. The summed E-state index contributed by atoms with van der Waals surface area (Å²) < 4.78 is 0. The van der Waals surface area contributed by atoms with Gasteiger partial charge in [0.1, 0.15) is 0 Å². The molecule has 0 spiro atoms. The average molecular weight is 297 g/mol. The van der Waals surface area contributed by atoms with Gasteiger partial charge in [-0.1, -0.05) is 48.5 Å². The van der Waals surface area contributed by atoms with Crippen molar-refractivity contribution in [3.05, 3.63) is 65.7 Å². The minimum absolute atomic E-state index is 0.106. The summed E-state index contributed by atoms with van der Waals surface area (Å²) in [5.74, 6) is 0.106. The number of rotatable bonds is 3. The normalized spacial score (nSPS) is 15.4. The smallest absolute Gasteiger partial charge is 0.240 e. The molecule has 108 valence electrons. The van der Waals surface area contributed by atoms with Crippen LogP contribution in [0.15, 0.2) is 54.6 Å². The van der Waals surface area contributed by atoms with Gasteiger partial charge in [0.05, 0.1) is 5.25 Å². The third kappa shape index (κ3) is 3.13. The lowest BCUT2D eigenvalue weighted by Gasteiger charge is -2.31. The van der Waals surface area contributed by atoms with Crippen molar-refractivity contribution in [2.24, 2.45) is 0 Å². The van der Waals surface area contributed by atoms with Crippen LogP contribution in [0.2, 0.25) is 0 Å². The van der Waals surface area contributed by atoms with E-state index in [1.807, 2.05) is 53.4 Å². The van der Waals surface area contributed by atoms with Crippen molar-refractivity contribution in [3.8, 4) is 0 Å². The third-order valence-electron chi connectivity index (χ3n) is 3.93. The van der Waals surface area contributed by atoms with Crippen molar-refractivity contribution in [1.82, 2.24) is 0 Å². The molecule has 1 aliphatic rings. The molecule has 21 heavy (non-hydrogen) atoms. The summed E-state index contributed by atoms with van der Waals surface area (Å²) in [6, 6.07) is 18.2. The van der Waals surface area contributed by atoms with E-state index >= 15 is 0 Å². The largest absolute Gasteiger partial charge is 0.311 e. The second-order valence-corrected chi connectivity index (χ2v) is 6.05. The Balaban J connectivity index is 1.77. The Kier molecular flexibility index (Phi) is 4.30. The van der Waals surface area contributed by atoms with Crippen LogP contribution in [0.3, 0.4) is 0 Å². The average Bonchev–Trinajstić information content (AvgIpc) is 2.54. The second-order valence-electron chi connectivity index (χ2n) is 5.43. The number of anilines is 1. The molecular formula is C18H19NOS. The Morgan fingerprint density at radius 3 is 2.62 bits per heavy atom. The van der Waals surface area contributed by atoms with Gasteiger partial charge in [-0.05, 0) is 36.5 Å². The van der Waals surface area contributed by atoms with E-state index in [0.717, 1.165) is 30.6 Å². The molecule has 3 heteroatoms. The maximum atomic E-state index is 12.7. The molecule has 1 amide bonds. The van der Waals surface area contributed by atoms with Gasteiger partial charge < -0.3 is 4.90 Å². The lowest BCUT2D eigenvalue weighted by molar-refractivity contribution is -0.118. The highest BCUT2D eigenvalue weighted by Crippen LogP contribution is 2.28. The summed E-state index contributed by atoms with van der Waals surface area (Å²) in [4.78, 5) is 14.6. The van der Waals surface area contributed by atoms with E-state index in [-0.39, 0.29) is 11.2 Å². The van der Waals surface area contributed by atoms with E-state index in [0.29, 0.717) is 6.42 Å². The molecule has 3 rings (SSSR count). The van der Waals surface area contributed by atoms with Crippen LogP contribution in [0.4, 0.5) is 5.69 Å². The Morgan fingerprint density at radius 2 is 1.81 bits per heavy atom. The number of amides is 1. The fraction of sp³-hybridized carbons (Fsp3) is 0.278. The van der Waals surface area contributed by atoms with E-state index < -0.39 is 0 Å². The first kappa shape index (κ1) is 14.2. The Hall–Kier alpha value is -1.74. The molecule has 0 aliphatic carbocycles. The highest BCUT2D eigenvalue weighted by Gasteiger charge is 2.26. The minimum Gasteiger partial charge on any atom is -0.311 e. The van der Waals surface area contributed by atoms with Crippen molar-refractivity contribution in [2.45, 2.75) is 24.5 Å². The summed E-state index contributed by atoms with van der Waals surface area (Å²) in [6.07, 6.45) is 2.74. The first-order valence-corrected chi connectivity index (χ1v) is 7.88. The number of aryl methyl sites for hydroxylation is 1. The zero-order valence-electron chi connectivity index (χ0n) is 11.9. The monoisotopic (exact) mass is 297 g/mol. The second kappa shape index (κ2) is 6.35. The number of hydrogen-bond donors (Lipinski definition) is 1. The molecule has 2 aromatic carbocycles. The van der Waals surface area contributed by atoms with Crippen LogP contribution in [-0.4, -0.2) is 17.7 Å². The third-order valence-corrected chi connectivity index (χ3v) is 4.34. The number of thiol groups is 1. The predicted octanol–water partition coefficient (Wildman–Crippen LogP) is 3.51. The first-order valence-electron chi connectivity index (χ1n) is 7.37. The molecule has 0 N–H and O–H groups in total. The molecule has 0 saturated carbocycles. The number of para-hydroxylation sites is 1. The number of hydrogen-bond acceptors (Lipinski definition) is 2. The molecule has 1 atom stereocenters. The van der Waals surface area contributed by atoms with E-state index in [1.165, 1.54) is 5.56 Å². The summed E-state index contributed by atoms with van der Waals surface area (Å²) in [7, 11) is 0. The van der Waals surface area contributed by atoms with Crippen LogP contribution in [0.5, 0.6) is 0 Å². The van der Waals surface area contributed by atoms with Crippen molar-refractivity contribution in [2.75, 3.05) is 11.4 Å². The first-order chi connectivity index (χ1) is 10.3. The van der Waals surface area contributed by atoms with Crippen molar-refractivity contribution >= 4 is 24.2 Å². The van der Waals surface area contributed by atoms with Crippen LogP contribution in [-0.2, 0) is 17.6 Å². The van der Waals surface area contributed by atoms with Crippen molar-refractivity contribution in [1.29, 1.82) is 0 Å². The maximum Gasteiger partial charge on any atom is 0.240 e. The standard InChI is InChI=1S/C18H19NOS/c20-18(17(21)13-14-7-2-1-3-8-14)19-12-6-10-15-9-4-5-11-16(15)19/h1-5,7-9,11,17,21H,6,10,12-13H2. The summed E-state index contributed by atoms with van der Waals surface area (Å²) in [6.45, 7) is 0.793. The SMILES string of the molecule is O=C(C(S)Cc1ccccc1)N1CCCc2ccccc21. The fourth-order valence-electron chi connectivity index (χ4n) is 2.87. The van der Waals surface area contributed by atoms with Crippen molar-refractivity contribution < 1.29 is 4.79 Å². The number of carbonyl (C=O) groups is 1. The van der Waals surface area contributed by atoms with E-state index in [2.05, 4.69) is 18.7 Å². The lowest BCUT2D eigenvalue weighted by Crippen LogP contribution is -2.41. The summed E-state index contributed by atoms with van der Waals surface area (Å²) >= 11 is 4.55. The number of benzene rings is 2. The minimum atomic E-state index is -0.293. The van der Waals surface area contributed by atoms with Crippen LogP contribution in [0.1, 0.15) is 17.5 Å². The van der Waals surface area contributed by atoms with Gasteiger partial charge in [0, 0.05) is 12.2 Å². The van der Waals surface area contributed by atoms with Gasteiger partial charge in [0.2, 0.25) is 5.91 Å². The topological polar surface area (TPSA) is 20.3 Å². The van der Waals surface area contributed by atoms with Gasteiger partial charge in [0.25, 0.3) is 0 Å². The quantitative estimate of drug-likeness (QED) is 0.860. The van der Waals surface area contributed by atoms with Crippen LogP contribution < -0.4 is 4.90 Å². The maximum absolute atomic E-state index is 12.7. The van der Waals surface area contributed by atoms with E-state index in [4.69, 9.17) is 0 Å². The highest BCUT2D eigenvalue weighted by molar-refractivity contribution is 7.81. The Morgan fingerprint density at radius 1 is 1.10 bits per heavy atom. The number of nitrogens with zero attached hydrogens (tertiary/aromatic N) is 1. The summed E-state index contributed by atoms with van der Waals surface area (Å²) in [5, 5.41) is -0.293. The van der Waals surface area contributed by atoms with Gasteiger partial charge in [-0.25, -0.2) is 0 Å². The molecule has 0 radical (unpaired) electrons. The van der Waals surface area contributed by atoms with E-state index in [9.17, 15) is 4.79 Å².